The van der Waals surface area contributed by atoms with Gasteiger partial charge in [0, 0.05) is 49.2 Å². The van der Waals surface area contributed by atoms with E-state index in [1.165, 1.54) is 12.0 Å². The smallest absolute Gasteiger partial charge is 0.323 e. The van der Waals surface area contributed by atoms with Crippen molar-refractivity contribution in [1.82, 2.24) is 20.4 Å². The van der Waals surface area contributed by atoms with E-state index in [1.54, 1.807) is 42.5 Å². The van der Waals surface area contributed by atoms with Gasteiger partial charge in [0.1, 0.15) is 17.4 Å². The van der Waals surface area contributed by atoms with Crippen LogP contribution in [0.1, 0.15) is 39.9 Å². The van der Waals surface area contributed by atoms with Crippen LogP contribution in [0.2, 0.25) is 0 Å². The Morgan fingerprint density at radius 1 is 1.08 bits per heavy atom. The molecule has 0 radical (unpaired) electrons. The summed E-state index contributed by atoms with van der Waals surface area (Å²) in [4.78, 5) is 52.7. The lowest BCUT2D eigenvalue weighted by Gasteiger charge is -2.28. The third-order valence-electron chi connectivity index (χ3n) is 6.78. The summed E-state index contributed by atoms with van der Waals surface area (Å²) in [6.45, 7) is 1.22. The molecule has 3 N–H and O–H groups in total. The van der Waals surface area contributed by atoms with E-state index in [0.29, 0.717) is 54.2 Å². The number of hydrogen-bond donors (Lipinski definition) is 3. The van der Waals surface area contributed by atoms with Gasteiger partial charge in [-0.25, -0.2) is 4.79 Å². The van der Waals surface area contributed by atoms with Crippen molar-refractivity contribution >= 4 is 29.5 Å². The van der Waals surface area contributed by atoms with E-state index in [9.17, 15) is 19.2 Å². The number of urea groups is 1. The second-order valence-electron chi connectivity index (χ2n) is 9.20. The van der Waals surface area contributed by atoms with Gasteiger partial charge < -0.3 is 19.9 Å². The quantitative estimate of drug-likeness (QED) is 0.251. The van der Waals surface area contributed by atoms with Gasteiger partial charge in [-0.15, -0.1) is 0 Å². The Balaban J connectivity index is 1.35. The lowest BCUT2D eigenvalue weighted by Crippen LogP contribution is -2.54. The number of carbonyl (C=O) groups is 4. The third-order valence-corrected chi connectivity index (χ3v) is 6.78. The second kappa shape index (κ2) is 9.43. The Morgan fingerprint density at radius 2 is 1.81 bits per heavy atom. The van der Waals surface area contributed by atoms with Crippen LogP contribution in [0.3, 0.4) is 0 Å². The van der Waals surface area contributed by atoms with Gasteiger partial charge in [0.2, 0.25) is 5.54 Å². The lowest BCUT2D eigenvalue weighted by molar-refractivity contribution is -0.122. The first kappa shape index (κ1) is 24.1. The van der Waals surface area contributed by atoms with E-state index in [2.05, 4.69) is 22.5 Å². The number of ketones is 1. The van der Waals surface area contributed by atoms with Gasteiger partial charge in [-0.3, -0.25) is 25.1 Å². The molecule has 0 saturated carbocycles. The molecule has 3 aliphatic heterocycles. The molecule has 188 valence electrons. The molecule has 10 heteroatoms. The zero-order chi connectivity index (χ0) is 26.2. The summed E-state index contributed by atoms with van der Waals surface area (Å²) >= 11 is 0. The number of nitrogens with one attached hydrogen (secondary N) is 3. The number of imide groups is 1. The maximum absolute atomic E-state index is 13.0. The average Bonchev–Trinajstić information content (AvgIpc) is 3.36. The maximum Gasteiger partial charge on any atom is 0.323 e. The molecule has 2 fully saturated rings. The molecule has 1 unspecified atom stereocenters. The highest BCUT2D eigenvalue weighted by Gasteiger charge is 2.48. The Morgan fingerprint density at radius 3 is 2.46 bits per heavy atom. The topological polar surface area (TPSA) is 132 Å². The van der Waals surface area contributed by atoms with Crippen molar-refractivity contribution < 1.29 is 23.9 Å². The van der Waals surface area contributed by atoms with Crippen LogP contribution < -0.4 is 15.4 Å². The molecule has 2 saturated heterocycles. The number of carbonyl (C=O) groups excluding carboxylic acids is 4. The van der Waals surface area contributed by atoms with E-state index in [4.69, 9.17) is 10.1 Å². The minimum absolute atomic E-state index is 0.121. The van der Waals surface area contributed by atoms with Gasteiger partial charge in [-0.2, -0.15) is 0 Å². The van der Waals surface area contributed by atoms with E-state index >= 15 is 0 Å². The number of fused-ring (bicyclic) bond motifs is 1. The highest BCUT2D eigenvalue weighted by molar-refractivity contribution is 6.10. The second-order valence-corrected chi connectivity index (χ2v) is 9.20. The Kier molecular flexibility index (Phi) is 6.13. The van der Waals surface area contributed by atoms with E-state index in [0.717, 1.165) is 5.56 Å². The molecule has 0 bridgehead atoms. The highest BCUT2D eigenvalue weighted by Crippen LogP contribution is 2.28. The first-order valence-corrected chi connectivity index (χ1v) is 11.9. The van der Waals surface area contributed by atoms with Crippen LogP contribution >= 0.6 is 0 Å². The number of amidine groups is 1. The van der Waals surface area contributed by atoms with Crippen LogP contribution in [0.5, 0.6) is 5.75 Å². The van der Waals surface area contributed by atoms with Crippen LogP contribution in [0.4, 0.5) is 4.79 Å². The monoisotopic (exact) mass is 499 g/mol. The molecular formula is C27H25N5O5. The van der Waals surface area contributed by atoms with E-state index < -0.39 is 17.5 Å². The van der Waals surface area contributed by atoms with Gasteiger partial charge >= 0.3 is 6.03 Å². The fourth-order valence-corrected chi connectivity index (χ4v) is 4.66. The molecule has 0 aliphatic carbocycles. The molecule has 37 heavy (non-hydrogen) atoms. The van der Waals surface area contributed by atoms with E-state index in [1.807, 2.05) is 4.90 Å². The Hall–Kier alpha value is -4.65. The Bertz CT molecular complexity index is 1380. The van der Waals surface area contributed by atoms with Crippen molar-refractivity contribution in [1.29, 1.82) is 5.41 Å². The summed E-state index contributed by atoms with van der Waals surface area (Å²) in [6.07, 6.45) is 0.889. The molecule has 4 amide bonds. The van der Waals surface area contributed by atoms with Crippen molar-refractivity contribution in [2.45, 2.75) is 24.9 Å². The van der Waals surface area contributed by atoms with Gasteiger partial charge in [-0.05, 0) is 29.8 Å². The van der Waals surface area contributed by atoms with Crippen LogP contribution in [-0.2, 0) is 16.1 Å². The summed E-state index contributed by atoms with van der Waals surface area (Å²) in [5, 5.41) is 13.3. The summed E-state index contributed by atoms with van der Waals surface area (Å²) in [5.41, 5.74) is 0.958. The number of piperidine rings is 1. The SMILES string of the molecule is COc1ccc2c(c1)C(=O)N(CC1(C#Cc3ccc(C(=N)N4CCC(=O)CC4)cc3)NC(=O)NC1=O)C2. The minimum atomic E-state index is -1.61. The van der Waals surface area contributed by atoms with Crippen molar-refractivity contribution in [3.63, 3.8) is 0 Å². The van der Waals surface area contributed by atoms with Crippen LogP contribution in [0.15, 0.2) is 42.5 Å². The number of amides is 4. The number of rotatable bonds is 4. The third kappa shape index (κ3) is 4.63. The first-order chi connectivity index (χ1) is 17.8. The van der Waals surface area contributed by atoms with E-state index in [-0.39, 0.29) is 24.8 Å². The van der Waals surface area contributed by atoms with Gasteiger partial charge in [0.05, 0.1) is 13.7 Å². The molecule has 2 aromatic carbocycles. The maximum atomic E-state index is 13.0. The molecule has 5 rings (SSSR count). The lowest BCUT2D eigenvalue weighted by atomic mass is 9.98. The molecule has 2 aromatic rings. The molecule has 1 atom stereocenters. The van der Waals surface area contributed by atoms with Gasteiger partial charge in [-0.1, -0.05) is 30.0 Å². The molecule has 3 heterocycles. The number of nitrogens with zero attached hydrogens (tertiary/aromatic N) is 2. The zero-order valence-electron chi connectivity index (χ0n) is 20.2. The van der Waals surface area contributed by atoms with Gasteiger partial charge in [0.25, 0.3) is 11.8 Å². The van der Waals surface area contributed by atoms with Crippen molar-refractivity contribution in [2.75, 3.05) is 26.7 Å². The fourth-order valence-electron chi connectivity index (χ4n) is 4.66. The molecule has 3 aliphatic rings. The average molecular weight is 500 g/mol. The number of Topliss-reactive ketones (excluding diaryl/α,β-unsaturated/α-hetero) is 1. The number of benzene rings is 2. The highest BCUT2D eigenvalue weighted by atomic mass is 16.5. The minimum Gasteiger partial charge on any atom is -0.497 e. The molecule has 0 aromatic heterocycles. The molecule has 10 nitrogen and oxygen atoms in total. The summed E-state index contributed by atoms with van der Waals surface area (Å²) in [5.74, 6) is 6.06. The largest absolute Gasteiger partial charge is 0.497 e. The zero-order valence-corrected chi connectivity index (χ0v) is 20.2. The van der Waals surface area contributed by atoms with Gasteiger partial charge in [0.15, 0.2) is 0 Å². The summed E-state index contributed by atoms with van der Waals surface area (Å²) in [6, 6.07) is 11.5. The first-order valence-electron chi connectivity index (χ1n) is 11.9. The summed E-state index contributed by atoms with van der Waals surface area (Å²) in [7, 11) is 1.52. The van der Waals surface area contributed by atoms with Crippen molar-refractivity contribution in [2.24, 2.45) is 0 Å². The predicted octanol–water partition coefficient (Wildman–Crippen LogP) is 1.27. The molecular weight excluding hydrogens is 474 g/mol. The molecule has 0 spiro atoms. The van der Waals surface area contributed by atoms with Crippen molar-refractivity contribution in [3.05, 3.63) is 64.7 Å². The standard InChI is InChI=1S/C27H25N5O5/c1-37-21-7-6-19-15-32(24(34)22(19)14-21)16-27(25(35)29-26(36)30-27)11-8-17-2-4-18(5-3-17)23(28)31-12-9-20(33)10-13-31/h2-7,14,28H,9-10,12-13,15-16H2,1H3,(H2,29,30,35,36). The number of hydrogen-bond acceptors (Lipinski definition) is 6. The number of ether oxygens (including phenoxy) is 1. The van der Waals surface area contributed by atoms with Crippen LogP contribution in [-0.4, -0.2) is 71.5 Å². The predicted molar refractivity (Wildman–Crippen MR) is 133 cm³/mol. The fraction of sp³-hybridized carbons (Fsp3) is 0.296. The normalized spacial score (nSPS) is 20.7. The van der Waals surface area contributed by atoms with Crippen LogP contribution in [0.25, 0.3) is 0 Å². The summed E-state index contributed by atoms with van der Waals surface area (Å²) < 4.78 is 5.21. The Labute approximate surface area is 213 Å². The number of likely N-dealkylation sites (tertiary alicyclic amines) is 1. The van der Waals surface area contributed by atoms with Crippen LogP contribution in [0, 0.1) is 17.3 Å². The number of methoxy groups -OCH3 is 1. The van der Waals surface area contributed by atoms with Crippen molar-refractivity contribution in [3.8, 4) is 17.6 Å².